The molecule has 0 unspecified atom stereocenters. The maximum atomic E-state index is 12.7. The number of hydrogen-bond donors (Lipinski definition) is 0. The lowest BCUT2D eigenvalue weighted by Crippen LogP contribution is -2.53. The van der Waals surface area contributed by atoms with Crippen LogP contribution in [0.4, 0.5) is 0 Å². The van der Waals surface area contributed by atoms with Crippen LogP contribution in [0.25, 0.3) is 0 Å². The van der Waals surface area contributed by atoms with Crippen LogP contribution in [0.1, 0.15) is 40.0 Å². The summed E-state index contributed by atoms with van der Waals surface area (Å²) in [4.78, 5) is 14.6. The highest BCUT2D eigenvalue weighted by molar-refractivity contribution is 6.30. The summed E-state index contributed by atoms with van der Waals surface area (Å²) in [5.41, 5.74) is -0.862. The first-order valence-electron chi connectivity index (χ1n) is 7.16. The minimum Gasteiger partial charge on any atom is -0.478 e. The molecule has 2 rings (SSSR count). The highest BCUT2D eigenvalue weighted by atomic mass is 35.5. The second-order valence-corrected chi connectivity index (χ2v) is 6.35. The molecule has 20 heavy (non-hydrogen) atoms. The molecule has 4 heteroatoms. The van der Waals surface area contributed by atoms with Gasteiger partial charge in [0.05, 0.1) is 0 Å². The van der Waals surface area contributed by atoms with Gasteiger partial charge in [-0.25, -0.2) is 0 Å². The number of likely N-dealkylation sites (tertiary alicyclic amines) is 1. The van der Waals surface area contributed by atoms with E-state index in [2.05, 4.69) is 6.92 Å². The van der Waals surface area contributed by atoms with Gasteiger partial charge in [0.25, 0.3) is 5.91 Å². The Morgan fingerprint density at radius 1 is 1.30 bits per heavy atom. The topological polar surface area (TPSA) is 29.5 Å². The summed E-state index contributed by atoms with van der Waals surface area (Å²) in [6.07, 6.45) is 3.35. The van der Waals surface area contributed by atoms with E-state index in [9.17, 15) is 4.79 Å². The normalized spacial score (nSPS) is 19.8. The van der Waals surface area contributed by atoms with E-state index in [0.29, 0.717) is 16.8 Å². The quantitative estimate of drug-likeness (QED) is 0.846. The van der Waals surface area contributed by atoms with Gasteiger partial charge in [0.2, 0.25) is 0 Å². The minimum absolute atomic E-state index is 0.0552. The first kappa shape index (κ1) is 15.2. The van der Waals surface area contributed by atoms with Crippen LogP contribution in [-0.2, 0) is 4.79 Å². The monoisotopic (exact) mass is 295 g/mol. The molecule has 1 heterocycles. The zero-order valence-corrected chi connectivity index (χ0v) is 13.1. The molecule has 1 amide bonds. The molecule has 0 bridgehead atoms. The van der Waals surface area contributed by atoms with E-state index in [1.807, 2.05) is 18.7 Å². The lowest BCUT2D eigenvalue weighted by atomic mass is 9.99. The molecule has 1 atom stereocenters. The van der Waals surface area contributed by atoms with Gasteiger partial charge in [-0.05, 0) is 64.3 Å². The zero-order chi connectivity index (χ0) is 14.8. The molecule has 0 radical (unpaired) electrons. The Bertz CT molecular complexity index is 470. The van der Waals surface area contributed by atoms with Gasteiger partial charge in [-0.2, -0.15) is 0 Å². The molecule has 0 aromatic heterocycles. The van der Waals surface area contributed by atoms with Gasteiger partial charge in [-0.3, -0.25) is 4.79 Å². The molecular formula is C16H22ClNO2. The molecule has 1 aliphatic heterocycles. The molecular weight excluding hydrogens is 274 g/mol. The van der Waals surface area contributed by atoms with Crippen LogP contribution in [-0.4, -0.2) is 29.0 Å². The van der Waals surface area contributed by atoms with Gasteiger partial charge >= 0.3 is 0 Å². The molecule has 0 saturated carbocycles. The van der Waals surface area contributed by atoms with Crippen LogP contribution in [0, 0.1) is 0 Å². The molecule has 0 aliphatic carbocycles. The number of rotatable bonds is 3. The van der Waals surface area contributed by atoms with Gasteiger partial charge in [-0.1, -0.05) is 11.6 Å². The van der Waals surface area contributed by atoms with E-state index in [-0.39, 0.29) is 5.91 Å². The van der Waals surface area contributed by atoms with Crippen LogP contribution in [0.15, 0.2) is 24.3 Å². The Morgan fingerprint density at radius 2 is 1.95 bits per heavy atom. The standard InChI is InChI=1S/C16H22ClNO2/c1-12-6-4-5-11-18(12)15(19)16(2,3)20-14-9-7-13(17)8-10-14/h7-10,12H,4-6,11H2,1-3H3/t12-/m1/s1. The number of piperidine rings is 1. The Kier molecular flexibility index (Phi) is 4.59. The fourth-order valence-electron chi connectivity index (χ4n) is 2.59. The van der Waals surface area contributed by atoms with Crippen molar-refractivity contribution >= 4 is 17.5 Å². The van der Waals surface area contributed by atoms with Crippen molar-refractivity contribution in [2.75, 3.05) is 6.54 Å². The molecule has 110 valence electrons. The van der Waals surface area contributed by atoms with Crippen molar-refractivity contribution in [1.82, 2.24) is 4.90 Å². The molecule has 1 aliphatic rings. The smallest absolute Gasteiger partial charge is 0.266 e. The fraction of sp³-hybridized carbons (Fsp3) is 0.562. The van der Waals surface area contributed by atoms with Gasteiger partial charge < -0.3 is 9.64 Å². The molecule has 1 aromatic rings. The Hall–Kier alpha value is -1.22. The summed E-state index contributed by atoms with van der Waals surface area (Å²) in [6.45, 7) is 6.58. The molecule has 0 spiro atoms. The van der Waals surface area contributed by atoms with Crippen molar-refractivity contribution in [3.8, 4) is 5.75 Å². The lowest BCUT2D eigenvalue weighted by Gasteiger charge is -2.38. The van der Waals surface area contributed by atoms with Crippen LogP contribution >= 0.6 is 11.6 Å². The largest absolute Gasteiger partial charge is 0.478 e. The third kappa shape index (κ3) is 3.45. The maximum absolute atomic E-state index is 12.7. The zero-order valence-electron chi connectivity index (χ0n) is 12.4. The van der Waals surface area contributed by atoms with Crippen LogP contribution in [0.2, 0.25) is 5.02 Å². The van der Waals surface area contributed by atoms with E-state index in [0.717, 1.165) is 19.4 Å². The van der Waals surface area contributed by atoms with E-state index in [1.165, 1.54) is 6.42 Å². The molecule has 1 saturated heterocycles. The first-order chi connectivity index (χ1) is 9.40. The number of amides is 1. The Labute approximate surface area is 125 Å². The summed E-state index contributed by atoms with van der Waals surface area (Å²) in [7, 11) is 0. The Balaban J connectivity index is 2.08. The number of ether oxygens (including phenoxy) is 1. The van der Waals surface area contributed by atoms with Crippen molar-refractivity contribution < 1.29 is 9.53 Å². The second kappa shape index (κ2) is 6.04. The summed E-state index contributed by atoms with van der Waals surface area (Å²) >= 11 is 5.86. The average Bonchev–Trinajstić information content (AvgIpc) is 2.41. The summed E-state index contributed by atoms with van der Waals surface area (Å²) < 4.78 is 5.87. The van der Waals surface area contributed by atoms with Gasteiger partial charge in [-0.15, -0.1) is 0 Å². The van der Waals surface area contributed by atoms with E-state index >= 15 is 0 Å². The van der Waals surface area contributed by atoms with Crippen molar-refractivity contribution in [3.63, 3.8) is 0 Å². The molecule has 1 aromatic carbocycles. The lowest BCUT2D eigenvalue weighted by molar-refractivity contribution is -0.148. The molecule has 3 nitrogen and oxygen atoms in total. The van der Waals surface area contributed by atoms with Crippen LogP contribution in [0.3, 0.4) is 0 Å². The summed E-state index contributed by atoms with van der Waals surface area (Å²) in [5, 5.41) is 0.658. The Morgan fingerprint density at radius 3 is 2.55 bits per heavy atom. The predicted octanol–water partition coefficient (Wildman–Crippen LogP) is 3.90. The van der Waals surface area contributed by atoms with Crippen LogP contribution in [0.5, 0.6) is 5.75 Å². The molecule has 1 fully saturated rings. The van der Waals surface area contributed by atoms with Crippen LogP contribution < -0.4 is 4.74 Å². The second-order valence-electron chi connectivity index (χ2n) is 5.91. The van der Waals surface area contributed by atoms with Gasteiger partial charge in [0.15, 0.2) is 5.60 Å². The average molecular weight is 296 g/mol. The minimum atomic E-state index is -0.862. The number of nitrogens with zero attached hydrogens (tertiary/aromatic N) is 1. The highest BCUT2D eigenvalue weighted by Gasteiger charge is 2.37. The van der Waals surface area contributed by atoms with Gasteiger partial charge in [0.1, 0.15) is 5.75 Å². The van der Waals surface area contributed by atoms with Crippen molar-refractivity contribution in [3.05, 3.63) is 29.3 Å². The fourth-order valence-corrected chi connectivity index (χ4v) is 2.71. The van der Waals surface area contributed by atoms with Crippen molar-refractivity contribution in [1.29, 1.82) is 0 Å². The number of hydrogen-bond acceptors (Lipinski definition) is 2. The van der Waals surface area contributed by atoms with Gasteiger partial charge in [0, 0.05) is 17.6 Å². The number of carbonyl (C=O) groups is 1. The van der Waals surface area contributed by atoms with Crippen molar-refractivity contribution in [2.45, 2.75) is 51.7 Å². The number of benzene rings is 1. The SMILES string of the molecule is C[C@@H]1CCCCN1C(=O)C(C)(C)Oc1ccc(Cl)cc1. The third-order valence-corrected chi connectivity index (χ3v) is 4.02. The highest BCUT2D eigenvalue weighted by Crippen LogP contribution is 2.25. The number of halogens is 1. The van der Waals surface area contributed by atoms with E-state index < -0.39 is 5.60 Å². The molecule has 0 N–H and O–H groups in total. The first-order valence-corrected chi connectivity index (χ1v) is 7.53. The van der Waals surface area contributed by atoms with Crippen molar-refractivity contribution in [2.24, 2.45) is 0 Å². The van der Waals surface area contributed by atoms with E-state index in [4.69, 9.17) is 16.3 Å². The third-order valence-electron chi connectivity index (χ3n) is 3.77. The van der Waals surface area contributed by atoms with E-state index in [1.54, 1.807) is 24.3 Å². The predicted molar refractivity (Wildman–Crippen MR) is 81.2 cm³/mol. The summed E-state index contributed by atoms with van der Waals surface area (Å²) in [5.74, 6) is 0.720. The number of carbonyl (C=O) groups excluding carboxylic acids is 1. The maximum Gasteiger partial charge on any atom is 0.266 e. The summed E-state index contributed by atoms with van der Waals surface area (Å²) in [6, 6.07) is 7.40.